The summed E-state index contributed by atoms with van der Waals surface area (Å²) in [6, 6.07) is 0. The lowest BCUT2D eigenvalue weighted by Crippen LogP contribution is -2.48. The van der Waals surface area contributed by atoms with Crippen molar-refractivity contribution in [1.82, 2.24) is 14.7 Å². The van der Waals surface area contributed by atoms with E-state index in [1.54, 1.807) is 0 Å². The highest BCUT2D eigenvalue weighted by Crippen LogP contribution is 2.22. The van der Waals surface area contributed by atoms with Gasteiger partial charge in [-0.25, -0.2) is 0 Å². The average Bonchev–Trinajstić information content (AvgIpc) is 2.64. The van der Waals surface area contributed by atoms with Crippen LogP contribution in [-0.4, -0.2) is 53.7 Å². The minimum atomic E-state index is 0.705. The fraction of sp³-hybridized carbons (Fsp3) is 0.714. The molecule has 0 saturated carbocycles. The molecule has 1 fully saturated rings. The van der Waals surface area contributed by atoms with Gasteiger partial charge in [0.1, 0.15) is 5.82 Å². The molecule has 0 bridgehead atoms. The van der Waals surface area contributed by atoms with E-state index in [9.17, 15) is 4.79 Å². The SMILES string of the molecule is Cc1nn(C)c(N2CCN(CC(C)C)CC2)c1C=O. The summed E-state index contributed by atoms with van der Waals surface area (Å²) < 4.78 is 1.83. The highest BCUT2D eigenvalue weighted by Gasteiger charge is 2.23. The molecule has 0 aromatic carbocycles. The Hall–Kier alpha value is -1.36. The molecular weight excluding hydrogens is 240 g/mol. The first kappa shape index (κ1) is 14.1. The molecule has 1 aliphatic rings. The molecule has 0 aliphatic carbocycles. The summed E-state index contributed by atoms with van der Waals surface area (Å²) in [5, 5.41) is 4.35. The summed E-state index contributed by atoms with van der Waals surface area (Å²) in [7, 11) is 1.91. The number of carbonyl (C=O) groups excluding carboxylic acids is 1. The summed E-state index contributed by atoms with van der Waals surface area (Å²) >= 11 is 0. The standard InChI is InChI=1S/C14H24N4O/c1-11(2)9-17-5-7-18(8-6-17)14-13(10-19)12(3)15-16(14)4/h10-11H,5-9H2,1-4H3. The second-order valence-corrected chi connectivity index (χ2v) is 5.75. The molecule has 1 saturated heterocycles. The first-order chi connectivity index (χ1) is 9.02. The minimum absolute atomic E-state index is 0.705. The second kappa shape index (κ2) is 5.74. The predicted molar refractivity (Wildman–Crippen MR) is 76.8 cm³/mol. The highest BCUT2D eigenvalue weighted by atomic mass is 16.1. The van der Waals surface area contributed by atoms with Gasteiger partial charge < -0.3 is 4.90 Å². The fourth-order valence-corrected chi connectivity index (χ4v) is 2.83. The van der Waals surface area contributed by atoms with Gasteiger partial charge in [0.15, 0.2) is 6.29 Å². The van der Waals surface area contributed by atoms with Gasteiger partial charge in [-0.3, -0.25) is 14.4 Å². The molecule has 0 spiro atoms. The zero-order valence-electron chi connectivity index (χ0n) is 12.4. The van der Waals surface area contributed by atoms with E-state index in [0.717, 1.165) is 56.1 Å². The molecule has 2 rings (SSSR count). The molecule has 0 amide bonds. The zero-order valence-corrected chi connectivity index (χ0v) is 12.4. The maximum Gasteiger partial charge on any atom is 0.155 e. The van der Waals surface area contributed by atoms with Crippen LogP contribution in [0.25, 0.3) is 0 Å². The summed E-state index contributed by atoms with van der Waals surface area (Å²) in [6.07, 6.45) is 0.929. The fourth-order valence-electron chi connectivity index (χ4n) is 2.83. The molecule has 0 unspecified atom stereocenters. The molecule has 5 heteroatoms. The van der Waals surface area contributed by atoms with Crippen LogP contribution >= 0.6 is 0 Å². The van der Waals surface area contributed by atoms with E-state index < -0.39 is 0 Å². The normalized spacial score (nSPS) is 17.2. The van der Waals surface area contributed by atoms with Gasteiger partial charge in [-0.2, -0.15) is 5.10 Å². The van der Waals surface area contributed by atoms with Crippen molar-refractivity contribution in [2.24, 2.45) is 13.0 Å². The van der Waals surface area contributed by atoms with Crippen LogP contribution in [0.5, 0.6) is 0 Å². The largest absolute Gasteiger partial charge is 0.354 e. The average molecular weight is 264 g/mol. The van der Waals surface area contributed by atoms with Crippen LogP contribution in [0.1, 0.15) is 29.9 Å². The Kier molecular flexibility index (Phi) is 4.24. The van der Waals surface area contributed by atoms with Crippen LogP contribution in [0, 0.1) is 12.8 Å². The van der Waals surface area contributed by atoms with Gasteiger partial charge in [0.05, 0.1) is 11.3 Å². The number of aldehydes is 1. The van der Waals surface area contributed by atoms with Crippen LogP contribution < -0.4 is 4.90 Å². The Morgan fingerprint density at radius 1 is 1.26 bits per heavy atom. The van der Waals surface area contributed by atoms with Crippen molar-refractivity contribution in [3.05, 3.63) is 11.3 Å². The van der Waals surface area contributed by atoms with Gasteiger partial charge >= 0.3 is 0 Å². The van der Waals surface area contributed by atoms with Crippen molar-refractivity contribution in [1.29, 1.82) is 0 Å². The van der Waals surface area contributed by atoms with Gasteiger partial charge in [0, 0.05) is 39.8 Å². The van der Waals surface area contributed by atoms with Crippen molar-refractivity contribution in [2.45, 2.75) is 20.8 Å². The predicted octanol–water partition coefficient (Wildman–Crippen LogP) is 1.32. The zero-order chi connectivity index (χ0) is 14.0. The van der Waals surface area contributed by atoms with Crippen molar-refractivity contribution in [2.75, 3.05) is 37.6 Å². The molecule has 2 heterocycles. The summed E-state index contributed by atoms with van der Waals surface area (Å²) in [5.41, 5.74) is 1.55. The third kappa shape index (κ3) is 2.97. The Morgan fingerprint density at radius 2 is 1.89 bits per heavy atom. The lowest BCUT2D eigenvalue weighted by molar-refractivity contribution is 0.112. The quantitative estimate of drug-likeness (QED) is 0.769. The third-order valence-corrected chi connectivity index (χ3v) is 3.65. The maximum absolute atomic E-state index is 11.2. The Balaban J connectivity index is 2.07. The van der Waals surface area contributed by atoms with Gasteiger partial charge in [-0.1, -0.05) is 13.8 Å². The van der Waals surface area contributed by atoms with Crippen molar-refractivity contribution >= 4 is 12.1 Å². The molecule has 106 valence electrons. The van der Waals surface area contributed by atoms with Crippen LogP contribution in [0.4, 0.5) is 5.82 Å². The first-order valence-corrected chi connectivity index (χ1v) is 6.99. The molecule has 19 heavy (non-hydrogen) atoms. The first-order valence-electron chi connectivity index (χ1n) is 6.99. The van der Waals surface area contributed by atoms with Gasteiger partial charge in [-0.05, 0) is 12.8 Å². The minimum Gasteiger partial charge on any atom is -0.354 e. The van der Waals surface area contributed by atoms with E-state index in [1.165, 1.54) is 0 Å². The molecule has 1 aliphatic heterocycles. The highest BCUT2D eigenvalue weighted by molar-refractivity contribution is 5.84. The van der Waals surface area contributed by atoms with E-state index in [1.807, 2.05) is 18.7 Å². The van der Waals surface area contributed by atoms with E-state index in [2.05, 4.69) is 28.7 Å². The molecule has 0 radical (unpaired) electrons. The Labute approximate surface area is 115 Å². The van der Waals surface area contributed by atoms with E-state index in [-0.39, 0.29) is 0 Å². The molecule has 1 aromatic heterocycles. The van der Waals surface area contributed by atoms with Crippen molar-refractivity contribution < 1.29 is 4.79 Å². The van der Waals surface area contributed by atoms with Crippen molar-refractivity contribution in [3.63, 3.8) is 0 Å². The number of aromatic nitrogens is 2. The third-order valence-electron chi connectivity index (χ3n) is 3.65. The number of hydrogen-bond acceptors (Lipinski definition) is 4. The number of anilines is 1. The lowest BCUT2D eigenvalue weighted by Gasteiger charge is -2.36. The number of nitrogens with zero attached hydrogens (tertiary/aromatic N) is 4. The number of aryl methyl sites for hydroxylation is 2. The van der Waals surface area contributed by atoms with Gasteiger partial charge in [0.25, 0.3) is 0 Å². The molecular formula is C14H24N4O. The second-order valence-electron chi connectivity index (χ2n) is 5.75. The number of rotatable bonds is 4. The van der Waals surface area contributed by atoms with E-state index >= 15 is 0 Å². The number of piperazine rings is 1. The summed E-state index contributed by atoms with van der Waals surface area (Å²) in [4.78, 5) is 16.0. The topological polar surface area (TPSA) is 41.4 Å². The maximum atomic E-state index is 11.2. The lowest BCUT2D eigenvalue weighted by atomic mass is 10.2. The molecule has 1 aromatic rings. The van der Waals surface area contributed by atoms with Gasteiger partial charge in [-0.15, -0.1) is 0 Å². The van der Waals surface area contributed by atoms with Crippen LogP contribution in [0.2, 0.25) is 0 Å². The smallest absolute Gasteiger partial charge is 0.155 e. The van der Waals surface area contributed by atoms with Crippen LogP contribution in [0.3, 0.4) is 0 Å². The molecule has 0 N–H and O–H groups in total. The van der Waals surface area contributed by atoms with E-state index in [4.69, 9.17) is 0 Å². The van der Waals surface area contributed by atoms with Crippen LogP contribution in [0.15, 0.2) is 0 Å². The molecule has 5 nitrogen and oxygen atoms in total. The summed E-state index contributed by atoms with van der Waals surface area (Å²) in [5.74, 6) is 1.67. The van der Waals surface area contributed by atoms with Gasteiger partial charge in [0.2, 0.25) is 0 Å². The number of carbonyl (C=O) groups is 1. The Bertz CT molecular complexity index is 445. The number of hydrogen-bond donors (Lipinski definition) is 0. The van der Waals surface area contributed by atoms with E-state index in [0.29, 0.717) is 5.92 Å². The van der Waals surface area contributed by atoms with Crippen molar-refractivity contribution in [3.8, 4) is 0 Å². The Morgan fingerprint density at radius 3 is 2.42 bits per heavy atom. The molecule has 0 atom stereocenters. The monoisotopic (exact) mass is 264 g/mol. The van der Waals surface area contributed by atoms with Crippen LogP contribution in [-0.2, 0) is 7.05 Å². The summed E-state index contributed by atoms with van der Waals surface area (Å²) in [6.45, 7) is 11.6.